The topological polar surface area (TPSA) is 80.6 Å². The number of halogens is 1. The first-order valence-corrected chi connectivity index (χ1v) is 8.65. The predicted octanol–water partition coefficient (Wildman–Crippen LogP) is 4.12. The van der Waals surface area contributed by atoms with Gasteiger partial charge in [0.1, 0.15) is 17.4 Å². The molecule has 1 heterocycles. The molecule has 0 saturated heterocycles. The van der Waals surface area contributed by atoms with Gasteiger partial charge in [-0.25, -0.2) is 0 Å². The van der Waals surface area contributed by atoms with E-state index in [1.54, 1.807) is 36.4 Å². The van der Waals surface area contributed by atoms with Gasteiger partial charge in [0.05, 0.1) is 6.61 Å². The van der Waals surface area contributed by atoms with Crippen LogP contribution in [-0.2, 0) is 4.79 Å². The second-order valence-corrected chi connectivity index (χ2v) is 6.17. The Morgan fingerprint density at radius 1 is 1.35 bits per heavy atom. The van der Waals surface area contributed by atoms with E-state index < -0.39 is 5.91 Å². The summed E-state index contributed by atoms with van der Waals surface area (Å²) in [4.78, 5) is 12.4. The summed E-state index contributed by atoms with van der Waals surface area (Å²) in [6.07, 6.45) is 1.49. The zero-order chi connectivity index (χ0) is 18.5. The molecule has 0 aromatic heterocycles. The fourth-order valence-corrected chi connectivity index (χ4v) is 2.81. The Kier molecular flexibility index (Phi) is 5.44. The third kappa shape index (κ3) is 3.98. The summed E-state index contributed by atoms with van der Waals surface area (Å²) in [7, 11) is 0. The summed E-state index contributed by atoms with van der Waals surface area (Å²) < 4.78 is 16.7. The molecular formula is C19H15BrN2O4. The van der Waals surface area contributed by atoms with Gasteiger partial charge in [-0.3, -0.25) is 4.79 Å². The molecular weight excluding hydrogens is 400 g/mol. The molecule has 0 fully saturated rings. The molecule has 1 aliphatic heterocycles. The molecule has 1 aliphatic rings. The first-order valence-electron chi connectivity index (χ1n) is 7.86. The zero-order valence-corrected chi connectivity index (χ0v) is 15.5. The third-order valence-corrected chi connectivity index (χ3v) is 4.25. The van der Waals surface area contributed by atoms with Crippen LogP contribution in [0.4, 0.5) is 5.69 Å². The van der Waals surface area contributed by atoms with Crippen LogP contribution >= 0.6 is 15.9 Å². The molecule has 0 radical (unpaired) electrons. The first kappa shape index (κ1) is 17.8. The highest BCUT2D eigenvalue weighted by Crippen LogP contribution is 2.37. The monoisotopic (exact) mass is 414 g/mol. The molecule has 0 bridgehead atoms. The van der Waals surface area contributed by atoms with Crippen LogP contribution in [0.25, 0.3) is 6.08 Å². The third-order valence-electron chi connectivity index (χ3n) is 3.56. The quantitative estimate of drug-likeness (QED) is 0.587. The van der Waals surface area contributed by atoms with Crippen molar-refractivity contribution in [2.45, 2.75) is 6.92 Å². The van der Waals surface area contributed by atoms with Gasteiger partial charge < -0.3 is 19.5 Å². The summed E-state index contributed by atoms with van der Waals surface area (Å²) in [5, 5.41) is 12.1. The lowest BCUT2D eigenvalue weighted by Gasteiger charge is -2.08. The highest BCUT2D eigenvalue weighted by Gasteiger charge is 2.17. The maximum Gasteiger partial charge on any atom is 0.266 e. The van der Waals surface area contributed by atoms with Gasteiger partial charge in [-0.2, -0.15) is 5.26 Å². The van der Waals surface area contributed by atoms with Crippen LogP contribution in [-0.4, -0.2) is 19.3 Å². The number of ether oxygens (including phenoxy) is 3. The number of carbonyl (C=O) groups is 1. The van der Waals surface area contributed by atoms with E-state index in [1.807, 2.05) is 13.0 Å². The Morgan fingerprint density at radius 2 is 2.12 bits per heavy atom. The van der Waals surface area contributed by atoms with Crippen LogP contribution in [0, 0.1) is 11.3 Å². The van der Waals surface area contributed by atoms with Crippen LogP contribution in [0.1, 0.15) is 12.5 Å². The molecule has 7 heteroatoms. The van der Waals surface area contributed by atoms with E-state index in [4.69, 9.17) is 14.2 Å². The molecule has 6 nitrogen and oxygen atoms in total. The van der Waals surface area contributed by atoms with E-state index in [1.165, 1.54) is 6.08 Å². The number of benzene rings is 2. The second-order valence-electron chi connectivity index (χ2n) is 5.31. The van der Waals surface area contributed by atoms with E-state index in [-0.39, 0.29) is 12.4 Å². The molecule has 1 amide bonds. The Balaban J connectivity index is 1.82. The van der Waals surface area contributed by atoms with E-state index in [2.05, 4.69) is 21.2 Å². The van der Waals surface area contributed by atoms with E-state index in [0.29, 0.717) is 39.6 Å². The number of carbonyl (C=O) groups excluding carboxylic acids is 1. The molecule has 2 aromatic carbocycles. The molecule has 1 N–H and O–H groups in total. The van der Waals surface area contributed by atoms with Crippen LogP contribution in [0.15, 0.2) is 46.4 Å². The Bertz CT molecular complexity index is 918. The summed E-state index contributed by atoms with van der Waals surface area (Å²) in [5.41, 5.74) is 1.15. The number of nitrogens with one attached hydrogen (secondary N) is 1. The molecule has 0 spiro atoms. The number of rotatable bonds is 5. The molecule has 26 heavy (non-hydrogen) atoms. The number of nitriles is 1. The largest absolute Gasteiger partial charge is 0.494 e. The number of fused-ring (bicyclic) bond motifs is 1. The minimum atomic E-state index is -0.509. The fraction of sp³-hybridized carbons (Fsp3) is 0.158. The van der Waals surface area contributed by atoms with E-state index >= 15 is 0 Å². The van der Waals surface area contributed by atoms with Gasteiger partial charge in [-0.05, 0) is 42.8 Å². The smallest absolute Gasteiger partial charge is 0.266 e. The number of hydrogen-bond acceptors (Lipinski definition) is 5. The van der Waals surface area contributed by atoms with Gasteiger partial charge in [0.2, 0.25) is 6.79 Å². The average Bonchev–Trinajstić information content (AvgIpc) is 3.07. The minimum Gasteiger partial charge on any atom is -0.494 e. The summed E-state index contributed by atoms with van der Waals surface area (Å²) in [5.74, 6) is 1.32. The minimum absolute atomic E-state index is 0.0358. The number of anilines is 1. The lowest BCUT2D eigenvalue weighted by atomic mass is 10.1. The maximum atomic E-state index is 12.4. The zero-order valence-electron chi connectivity index (χ0n) is 13.9. The van der Waals surface area contributed by atoms with Crippen molar-refractivity contribution >= 4 is 33.6 Å². The molecule has 3 rings (SSSR count). The number of hydrogen-bond donors (Lipinski definition) is 1. The molecule has 0 saturated carbocycles. The Morgan fingerprint density at radius 3 is 2.85 bits per heavy atom. The molecule has 132 valence electrons. The van der Waals surface area contributed by atoms with Crippen LogP contribution < -0.4 is 19.5 Å². The second kappa shape index (κ2) is 7.93. The molecule has 0 atom stereocenters. The van der Waals surface area contributed by atoms with E-state index in [0.717, 1.165) is 0 Å². The van der Waals surface area contributed by atoms with Gasteiger partial charge in [0.15, 0.2) is 11.5 Å². The van der Waals surface area contributed by atoms with Crippen LogP contribution in [0.2, 0.25) is 0 Å². The van der Waals surface area contributed by atoms with Crippen LogP contribution in [0.3, 0.4) is 0 Å². The maximum absolute atomic E-state index is 12.4. The van der Waals surface area contributed by atoms with E-state index in [9.17, 15) is 10.1 Å². The van der Waals surface area contributed by atoms with Gasteiger partial charge in [0.25, 0.3) is 5.91 Å². The highest BCUT2D eigenvalue weighted by molar-refractivity contribution is 9.10. The van der Waals surface area contributed by atoms with Crippen molar-refractivity contribution in [3.63, 3.8) is 0 Å². The van der Waals surface area contributed by atoms with Crippen molar-refractivity contribution in [3.8, 4) is 23.3 Å². The van der Waals surface area contributed by atoms with Gasteiger partial charge >= 0.3 is 0 Å². The van der Waals surface area contributed by atoms with Gasteiger partial charge in [-0.15, -0.1) is 0 Å². The lowest BCUT2D eigenvalue weighted by molar-refractivity contribution is -0.112. The predicted molar refractivity (Wildman–Crippen MR) is 100 cm³/mol. The molecule has 2 aromatic rings. The first-order chi connectivity index (χ1) is 12.6. The van der Waals surface area contributed by atoms with Gasteiger partial charge in [-0.1, -0.05) is 22.0 Å². The van der Waals surface area contributed by atoms with Crippen molar-refractivity contribution in [2.75, 3.05) is 18.7 Å². The van der Waals surface area contributed by atoms with Crippen molar-refractivity contribution in [2.24, 2.45) is 0 Å². The lowest BCUT2D eigenvalue weighted by Crippen LogP contribution is -2.13. The molecule has 0 aliphatic carbocycles. The van der Waals surface area contributed by atoms with Crippen molar-refractivity contribution in [1.82, 2.24) is 0 Å². The van der Waals surface area contributed by atoms with Crippen LogP contribution in [0.5, 0.6) is 17.2 Å². The number of amides is 1. The SMILES string of the molecule is CCOc1cccc(NC(=O)C(C#N)=Cc2cc3c(cc2Br)OCO3)c1. The standard InChI is InChI=1S/C19H15BrN2O4/c1-2-24-15-5-3-4-14(8-15)22-19(23)13(10-21)6-12-7-17-18(9-16(12)20)26-11-25-17/h3-9H,2,11H2,1H3,(H,22,23). The van der Waals surface area contributed by atoms with Crippen molar-refractivity contribution < 1.29 is 19.0 Å². The Hall–Kier alpha value is -2.98. The highest BCUT2D eigenvalue weighted by atomic mass is 79.9. The Labute approximate surface area is 159 Å². The normalized spacial score (nSPS) is 12.4. The summed E-state index contributed by atoms with van der Waals surface area (Å²) >= 11 is 3.41. The summed E-state index contributed by atoms with van der Waals surface area (Å²) in [6.45, 7) is 2.56. The summed E-state index contributed by atoms with van der Waals surface area (Å²) in [6, 6.07) is 12.4. The van der Waals surface area contributed by atoms with Gasteiger partial charge in [0, 0.05) is 16.2 Å². The number of nitrogens with zero attached hydrogens (tertiary/aromatic N) is 1. The van der Waals surface area contributed by atoms with Crippen molar-refractivity contribution in [3.05, 3.63) is 52.0 Å². The average molecular weight is 415 g/mol. The molecule has 0 unspecified atom stereocenters. The van der Waals surface area contributed by atoms with Crippen molar-refractivity contribution in [1.29, 1.82) is 5.26 Å². The fourth-order valence-electron chi connectivity index (χ4n) is 2.38.